The second-order valence-corrected chi connectivity index (χ2v) is 10.1. The number of rotatable bonds is 7. The first-order chi connectivity index (χ1) is 15.3. The normalized spacial score (nSPS) is 12.3. The molecule has 0 fully saturated rings. The molecule has 3 N–H and O–H groups in total. The Morgan fingerprint density at radius 3 is 1.94 bits per heavy atom. The number of hydrogen-bond donors (Lipinski definition) is 3. The van der Waals surface area contributed by atoms with Crippen LogP contribution in [-0.2, 0) is 15.0 Å². The summed E-state index contributed by atoms with van der Waals surface area (Å²) >= 11 is 0. The molecule has 33 heavy (non-hydrogen) atoms. The smallest absolute Gasteiger partial charge is 0.251 e. The molecular formula is C27H37N3O3. The highest BCUT2D eigenvalue weighted by molar-refractivity contribution is 5.99. The lowest BCUT2D eigenvalue weighted by Gasteiger charge is -2.22. The minimum Gasteiger partial charge on any atom is -0.345 e. The molecule has 0 saturated heterocycles. The van der Waals surface area contributed by atoms with E-state index in [1.54, 1.807) is 12.1 Å². The van der Waals surface area contributed by atoms with Gasteiger partial charge < -0.3 is 16.0 Å². The van der Waals surface area contributed by atoms with E-state index < -0.39 is 11.9 Å². The van der Waals surface area contributed by atoms with Gasteiger partial charge >= 0.3 is 0 Å². The number of nitrogens with one attached hydrogen (secondary N) is 3. The maximum absolute atomic E-state index is 12.8. The lowest BCUT2D eigenvalue weighted by molar-refractivity contribution is -0.126. The summed E-state index contributed by atoms with van der Waals surface area (Å²) in [6.45, 7) is 15.7. The van der Waals surface area contributed by atoms with Crippen molar-refractivity contribution >= 4 is 23.4 Å². The van der Waals surface area contributed by atoms with Crippen molar-refractivity contribution in [2.24, 2.45) is 5.92 Å². The van der Waals surface area contributed by atoms with Crippen molar-refractivity contribution in [3.63, 3.8) is 0 Å². The summed E-state index contributed by atoms with van der Waals surface area (Å²) in [5.74, 6) is -1.17. The van der Waals surface area contributed by atoms with Crippen molar-refractivity contribution in [1.29, 1.82) is 0 Å². The predicted molar refractivity (Wildman–Crippen MR) is 134 cm³/mol. The average molecular weight is 452 g/mol. The van der Waals surface area contributed by atoms with Gasteiger partial charge in [-0.3, -0.25) is 14.4 Å². The van der Waals surface area contributed by atoms with Gasteiger partial charge in [0.1, 0.15) is 6.04 Å². The zero-order valence-corrected chi connectivity index (χ0v) is 21.1. The third kappa shape index (κ3) is 7.17. The summed E-state index contributed by atoms with van der Waals surface area (Å²) in [6, 6.07) is 10.6. The molecule has 2 aromatic rings. The van der Waals surface area contributed by atoms with E-state index in [1.165, 1.54) is 0 Å². The Hall–Kier alpha value is -3.15. The Kier molecular flexibility index (Phi) is 8.42. The van der Waals surface area contributed by atoms with Crippen LogP contribution in [0.5, 0.6) is 0 Å². The predicted octanol–water partition coefficient (Wildman–Crippen LogP) is 4.42. The fraction of sp³-hybridized carbons (Fsp3) is 0.444. The Morgan fingerprint density at radius 2 is 1.45 bits per heavy atom. The van der Waals surface area contributed by atoms with E-state index in [2.05, 4.69) is 36.7 Å². The topological polar surface area (TPSA) is 87.3 Å². The van der Waals surface area contributed by atoms with E-state index in [0.717, 1.165) is 27.9 Å². The standard InChI is InChI=1S/C27H37N3O3/c1-16(2)23(30-25(32)20-9-11-21(12-10-20)27(6,7)8)26(33)28-15-22(31)29-24-18(4)13-17(3)14-19(24)5/h9-14,16,23H,15H2,1-8H3,(H,28,33)(H,29,31)(H,30,32). The summed E-state index contributed by atoms with van der Waals surface area (Å²) in [6.07, 6.45) is 0. The molecular weight excluding hydrogens is 414 g/mol. The van der Waals surface area contributed by atoms with Gasteiger partial charge in [0.2, 0.25) is 11.8 Å². The quantitative estimate of drug-likeness (QED) is 0.582. The second-order valence-electron chi connectivity index (χ2n) is 10.1. The Morgan fingerprint density at radius 1 is 0.909 bits per heavy atom. The van der Waals surface area contributed by atoms with Crippen molar-refractivity contribution in [2.75, 3.05) is 11.9 Å². The summed E-state index contributed by atoms with van der Waals surface area (Å²) < 4.78 is 0. The molecule has 0 radical (unpaired) electrons. The van der Waals surface area contributed by atoms with Gasteiger partial charge in [0, 0.05) is 11.3 Å². The van der Waals surface area contributed by atoms with Crippen molar-refractivity contribution in [3.8, 4) is 0 Å². The summed E-state index contributed by atoms with van der Waals surface area (Å²) in [5.41, 5.74) is 5.43. The number of anilines is 1. The molecule has 0 saturated carbocycles. The number of carbonyl (C=O) groups excluding carboxylic acids is 3. The highest BCUT2D eigenvalue weighted by Gasteiger charge is 2.25. The number of aryl methyl sites for hydroxylation is 3. The van der Waals surface area contributed by atoms with E-state index in [0.29, 0.717) is 5.56 Å². The van der Waals surface area contributed by atoms with Gasteiger partial charge in [0.25, 0.3) is 5.91 Å². The number of hydrogen-bond acceptors (Lipinski definition) is 3. The monoisotopic (exact) mass is 451 g/mol. The number of benzene rings is 2. The molecule has 1 unspecified atom stereocenters. The van der Waals surface area contributed by atoms with Crippen molar-refractivity contribution in [1.82, 2.24) is 10.6 Å². The maximum atomic E-state index is 12.8. The van der Waals surface area contributed by atoms with E-state index >= 15 is 0 Å². The highest BCUT2D eigenvalue weighted by Crippen LogP contribution is 2.23. The molecule has 0 spiro atoms. The van der Waals surface area contributed by atoms with Crippen LogP contribution in [0.25, 0.3) is 0 Å². The van der Waals surface area contributed by atoms with Crippen LogP contribution in [0.4, 0.5) is 5.69 Å². The molecule has 0 heterocycles. The van der Waals surface area contributed by atoms with Crippen LogP contribution in [0.2, 0.25) is 0 Å². The second kappa shape index (κ2) is 10.6. The third-order valence-corrected chi connectivity index (χ3v) is 5.61. The van der Waals surface area contributed by atoms with Crippen LogP contribution in [0.3, 0.4) is 0 Å². The van der Waals surface area contributed by atoms with E-state index in [4.69, 9.17) is 0 Å². The molecule has 1 atom stereocenters. The molecule has 0 aromatic heterocycles. The first-order valence-electron chi connectivity index (χ1n) is 11.4. The molecule has 0 aliphatic rings. The highest BCUT2D eigenvalue weighted by atomic mass is 16.2. The Bertz CT molecular complexity index is 995. The van der Waals surface area contributed by atoms with Crippen LogP contribution in [0, 0.1) is 26.7 Å². The van der Waals surface area contributed by atoms with Crippen LogP contribution >= 0.6 is 0 Å². The maximum Gasteiger partial charge on any atom is 0.251 e. The van der Waals surface area contributed by atoms with Gasteiger partial charge in [-0.25, -0.2) is 0 Å². The largest absolute Gasteiger partial charge is 0.345 e. The van der Waals surface area contributed by atoms with Crippen molar-refractivity contribution < 1.29 is 14.4 Å². The fourth-order valence-electron chi connectivity index (χ4n) is 3.72. The molecule has 6 heteroatoms. The van der Waals surface area contributed by atoms with E-state index in [1.807, 2.05) is 58.9 Å². The zero-order valence-electron chi connectivity index (χ0n) is 21.1. The zero-order chi connectivity index (χ0) is 24.9. The fourth-order valence-corrected chi connectivity index (χ4v) is 3.72. The first-order valence-corrected chi connectivity index (χ1v) is 11.4. The summed E-state index contributed by atoms with van der Waals surface area (Å²) in [4.78, 5) is 37.9. The number of amides is 3. The molecule has 6 nitrogen and oxygen atoms in total. The lowest BCUT2D eigenvalue weighted by atomic mass is 9.86. The molecule has 2 aromatic carbocycles. The Balaban J connectivity index is 1.99. The minimum absolute atomic E-state index is 0.00834. The lowest BCUT2D eigenvalue weighted by Crippen LogP contribution is -2.51. The van der Waals surface area contributed by atoms with E-state index in [-0.39, 0.29) is 29.7 Å². The average Bonchev–Trinajstić information content (AvgIpc) is 2.71. The Labute approximate surface area is 197 Å². The first kappa shape index (κ1) is 26.1. The minimum atomic E-state index is -0.754. The van der Waals surface area contributed by atoms with Crippen molar-refractivity contribution in [2.45, 2.75) is 66.8 Å². The van der Waals surface area contributed by atoms with Gasteiger partial charge in [-0.15, -0.1) is 0 Å². The summed E-state index contributed by atoms with van der Waals surface area (Å²) in [5, 5.41) is 8.33. The van der Waals surface area contributed by atoms with Gasteiger partial charge in [0.05, 0.1) is 6.54 Å². The van der Waals surface area contributed by atoms with Crippen LogP contribution in [0.1, 0.15) is 67.2 Å². The molecule has 0 aliphatic heterocycles. The van der Waals surface area contributed by atoms with Crippen LogP contribution in [0.15, 0.2) is 36.4 Å². The summed E-state index contributed by atoms with van der Waals surface area (Å²) in [7, 11) is 0. The molecule has 0 aliphatic carbocycles. The van der Waals surface area contributed by atoms with E-state index in [9.17, 15) is 14.4 Å². The SMILES string of the molecule is Cc1cc(C)c(NC(=O)CNC(=O)C(NC(=O)c2ccc(C(C)(C)C)cc2)C(C)C)c(C)c1. The molecule has 3 amide bonds. The van der Waals surface area contributed by atoms with Crippen molar-refractivity contribution in [3.05, 3.63) is 64.2 Å². The van der Waals surface area contributed by atoms with Gasteiger partial charge in [0.15, 0.2) is 0 Å². The molecule has 2 rings (SSSR count). The van der Waals surface area contributed by atoms with Gasteiger partial charge in [-0.05, 0) is 60.9 Å². The molecule has 0 bridgehead atoms. The van der Waals surface area contributed by atoms with Crippen LogP contribution in [-0.4, -0.2) is 30.3 Å². The van der Waals surface area contributed by atoms with Gasteiger partial charge in [-0.1, -0.05) is 64.4 Å². The molecule has 178 valence electrons. The number of carbonyl (C=O) groups is 3. The van der Waals surface area contributed by atoms with Crippen LogP contribution < -0.4 is 16.0 Å². The third-order valence-electron chi connectivity index (χ3n) is 5.61. The van der Waals surface area contributed by atoms with Gasteiger partial charge in [-0.2, -0.15) is 0 Å².